The summed E-state index contributed by atoms with van der Waals surface area (Å²) in [6, 6.07) is 7.74. The number of likely N-dealkylation sites (tertiary alicyclic amines) is 1. The summed E-state index contributed by atoms with van der Waals surface area (Å²) < 4.78 is 53.1. The van der Waals surface area contributed by atoms with Gasteiger partial charge in [0.15, 0.2) is 5.78 Å². The van der Waals surface area contributed by atoms with Gasteiger partial charge in [0.05, 0.1) is 42.1 Å². The molecular formula is C27H29FN4O4. The summed E-state index contributed by atoms with van der Waals surface area (Å²) in [5.74, 6) is -0.0624. The van der Waals surface area contributed by atoms with Crippen LogP contribution in [0.4, 0.5) is 15.9 Å². The van der Waals surface area contributed by atoms with Crippen LogP contribution < -0.4 is 10.1 Å². The molecule has 1 aromatic heterocycles. The van der Waals surface area contributed by atoms with Crippen molar-refractivity contribution in [2.45, 2.75) is 25.6 Å². The van der Waals surface area contributed by atoms with Crippen molar-refractivity contribution < 1.29 is 27.5 Å². The van der Waals surface area contributed by atoms with Crippen LogP contribution in [0.25, 0.3) is 10.9 Å². The number of ketones is 1. The van der Waals surface area contributed by atoms with Crippen LogP contribution in [0.1, 0.15) is 15.2 Å². The molecule has 2 aromatic carbocycles. The quantitative estimate of drug-likeness (QED) is 0.475. The number of methoxy groups -OCH3 is 1. The zero-order valence-electron chi connectivity index (χ0n) is 22.9. The fourth-order valence-corrected chi connectivity index (χ4v) is 4.59. The molecule has 2 fully saturated rings. The Kier molecular flexibility index (Phi) is 6.17. The van der Waals surface area contributed by atoms with Crippen LogP contribution in [0.2, 0.25) is 0 Å². The molecule has 2 unspecified atom stereocenters. The number of carbonyl (C=O) groups is 1. The van der Waals surface area contributed by atoms with Crippen LogP contribution in [-0.4, -0.2) is 72.7 Å². The zero-order valence-corrected chi connectivity index (χ0v) is 19.9. The summed E-state index contributed by atoms with van der Waals surface area (Å²) in [5, 5.41) is 3.71. The van der Waals surface area contributed by atoms with Gasteiger partial charge >= 0.3 is 0 Å². The van der Waals surface area contributed by atoms with E-state index < -0.39 is 7.04 Å². The second kappa shape index (κ2) is 10.7. The Morgan fingerprint density at radius 3 is 2.81 bits per heavy atom. The van der Waals surface area contributed by atoms with Crippen LogP contribution in [0.15, 0.2) is 48.8 Å². The number of aryl methyl sites for hydroxylation is 1. The maximum absolute atomic E-state index is 13.7. The lowest BCUT2D eigenvalue weighted by molar-refractivity contribution is -0.116. The summed E-state index contributed by atoms with van der Waals surface area (Å²) in [5.41, 5.74) is 1.90. The van der Waals surface area contributed by atoms with E-state index in [2.05, 4.69) is 20.2 Å². The van der Waals surface area contributed by atoms with Crippen molar-refractivity contribution in [2.24, 2.45) is 0 Å². The van der Waals surface area contributed by atoms with Crippen LogP contribution in [0, 0.1) is 12.7 Å². The lowest BCUT2D eigenvalue weighted by Gasteiger charge is -2.24. The van der Waals surface area contributed by atoms with E-state index in [0.29, 0.717) is 53.3 Å². The van der Waals surface area contributed by atoms with E-state index in [-0.39, 0.29) is 36.0 Å². The molecule has 2 aliphatic heterocycles. The molecule has 2 atom stereocenters. The van der Waals surface area contributed by atoms with Crippen LogP contribution in [0.3, 0.4) is 0 Å². The molecule has 5 rings (SSSR count). The van der Waals surface area contributed by atoms with Gasteiger partial charge in [-0.05, 0) is 42.8 Å². The van der Waals surface area contributed by atoms with Gasteiger partial charge < -0.3 is 19.5 Å². The maximum atomic E-state index is 13.7. The number of anilines is 2. The average molecular weight is 496 g/mol. The van der Waals surface area contributed by atoms with Crippen molar-refractivity contribution in [3.8, 4) is 5.75 Å². The highest BCUT2D eigenvalue weighted by atomic mass is 19.1. The van der Waals surface area contributed by atoms with Crippen LogP contribution in [-0.2, 0) is 20.7 Å². The predicted octanol–water partition coefficient (Wildman–Crippen LogP) is 3.60. The fraction of sp³-hybridized carbons (Fsp3) is 0.370. The van der Waals surface area contributed by atoms with Gasteiger partial charge in [-0.1, -0.05) is 6.08 Å². The van der Waals surface area contributed by atoms with Crippen LogP contribution >= 0.6 is 0 Å². The Labute approximate surface area is 213 Å². The number of fused-ring (bicyclic) bond motifs is 2. The Morgan fingerprint density at radius 2 is 2.06 bits per heavy atom. The second-order valence-corrected chi connectivity index (χ2v) is 8.97. The largest absolute Gasteiger partial charge is 0.496 e. The number of aromatic nitrogens is 2. The van der Waals surface area contributed by atoms with Gasteiger partial charge in [0, 0.05) is 48.8 Å². The van der Waals surface area contributed by atoms with E-state index in [4.69, 9.17) is 18.3 Å². The Hall–Kier alpha value is -3.40. The summed E-state index contributed by atoms with van der Waals surface area (Å²) in [7, 11) is -2.71. The van der Waals surface area contributed by atoms with Crippen molar-refractivity contribution in [3.05, 3.63) is 65.8 Å². The highest BCUT2D eigenvalue weighted by Gasteiger charge is 2.35. The zero-order chi connectivity index (χ0) is 27.6. The monoisotopic (exact) mass is 495 g/mol. The minimum Gasteiger partial charge on any atom is -0.496 e. The minimum absolute atomic E-state index is 0.0458. The van der Waals surface area contributed by atoms with Gasteiger partial charge in [-0.3, -0.25) is 9.69 Å². The molecular weight excluding hydrogens is 463 g/mol. The highest BCUT2D eigenvalue weighted by Crippen LogP contribution is 2.30. The molecule has 0 aliphatic carbocycles. The molecule has 188 valence electrons. The molecule has 0 amide bonds. The van der Waals surface area contributed by atoms with Crippen molar-refractivity contribution in [1.82, 2.24) is 14.9 Å². The third-order valence-corrected chi connectivity index (χ3v) is 6.42. The number of benzene rings is 2. The standard InChI is InChI=1S/C27H29FN4O4/c1-17-10-19(5-6-22(17)28)31-27-21-12-18(24(34-2)13-23(21)29-16-30-27)11-20(33)4-3-7-32-14-25-26(15-32)36-9-8-35-25/h3-6,10,12-13,16,25-26H,7-9,11,14-15H2,1-2H3,(H,29,30,31)/b4-3+/i2D3. The first kappa shape index (κ1) is 20.8. The molecule has 9 heteroatoms. The summed E-state index contributed by atoms with van der Waals surface area (Å²) in [6.45, 7) is 4.91. The molecule has 0 bridgehead atoms. The number of rotatable bonds is 8. The van der Waals surface area contributed by atoms with E-state index in [9.17, 15) is 9.18 Å². The second-order valence-electron chi connectivity index (χ2n) is 8.97. The van der Waals surface area contributed by atoms with Crippen LogP contribution in [0.5, 0.6) is 5.75 Å². The fourth-order valence-electron chi connectivity index (χ4n) is 4.59. The summed E-state index contributed by atoms with van der Waals surface area (Å²) >= 11 is 0. The minimum atomic E-state index is -2.71. The third-order valence-electron chi connectivity index (χ3n) is 6.42. The molecule has 0 saturated carbocycles. The number of nitrogens with one attached hydrogen (secondary N) is 1. The van der Waals surface area contributed by atoms with E-state index >= 15 is 0 Å². The van der Waals surface area contributed by atoms with E-state index in [0.717, 1.165) is 13.1 Å². The Bertz CT molecular complexity index is 1390. The van der Waals surface area contributed by atoms with Crippen molar-refractivity contribution in [3.63, 3.8) is 0 Å². The maximum Gasteiger partial charge on any atom is 0.159 e. The first-order valence-electron chi connectivity index (χ1n) is 13.3. The number of halogens is 1. The summed E-state index contributed by atoms with van der Waals surface area (Å²) in [6.07, 6.45) is 4.65. The molecule has 0 radical (unpaired) electrons. The van der Waals surface area contributed by atoms with Gasteiger partial charge in [-0.15, -0.1) is 0 Å². The average Bonchev–Trinajstić information content (AvgIpc) is 3.29. The lowest BCUT2D eigenvalue weighted by Crippen LogP contribution is -2.36. The number of hydrogen-bond donors (Lipinski definition) is 1. The van der Waals surface area contributed by atoms with Crippen molar-refractivity contribution in [2.75, 3.05) is 45.2 Å². The number of allylic oxidation sites excluding steroid dienone is 1. The molecule has 1 N–H and O–H groups in total. The van der Waals surface area contributed by atoms with Crippen molar-refractivity contribution in [1.29, 1.82) is 0 Å². The molecule has 8 nitrogen and oxygen atoms in total. The molecule has 2 aliphatic rings. The van der Waals surface area contributed by atoms with Gasteiger partial charge in [0.1, 0.15) is 23.7 Å². The predicted molar refractivity (Wildman–Crippen MR) is 134 cm³/mol. The molecule has 3 heterocycles. The van der Waals surface area contributed by atoms with E-state index in [1.165, 1.54) is 24.5 Å². The highest BCUT2D eigenvalue weighted by molar-refractivity contribution is 5.96. The molecule has 0 spiro atoms. The van der Waals surface area contributed by atoms with Gasteiger partial charge in [-0.2, -0.15) is 0 Å². The molecule has 36 heavy (non-hydrogen) atoms. The SMILES string of the molecule is [2H]C([2H])([2H])Oc1cc2ncnc(Nc3ccc(F)c(C)c3)c2cc1CC(=O)/C=C/CN1CC2OCCOC2C1. The Morgan fingerprint density at radius 1 is 1.25 bits per heavy atom. The number of nitrogens with zero attached hydrogens (tertiary/aromatic N) is 3. The topological polar surface area (TPSA) is 85.8 Å². The Balaban J connectivity index is 1.36. The number of hydrogen-bond acceptors (Lipinski definition) is 8. The van der Waals surface area contributed by atoms with Gasteiger partial charge in [0.25, 0.3) is 0 Å². The first-order chi connectivity index (χ1) is 18.6. The van der Waals surface area contributed by atoms with E-state index in [1.54, 1.807) is 31.2 Å². The lowest BCUT2D eigenvalue weighted by atomic mass is 10.0. The van der Waals surface area contributed by atoms with E-state index in [1.807, 2.05) is 0 Å². The van der Waals surface area contributed by atoms with Gasteiger partial charge in [-0.25, -0.2) is 14.4 Å². The molecule has 2 saturated heterocycles. The third kappa shape index (κ3) is 5.38. The number of ether oxygens (including phenoxy) is 3. The smallest absolute Gasteiger partial charge is 0.159 e. The normalized spacial score (nSPS) is 21.7. The van der Waals surface area contributed by atoms with Gasteiger partial charge in [0.2, 0.25) is 0 Å². The molecule has 3 aromatic rings. The van der Waals surface area contributed by atoms with Crippen molar-refractivity contribution >= 4 is 28.2 Å². The number of carbonyl (C=O) groups excluding carboxylic acids is 1. The summed E-state index contributed by atoms with van der Waals surface area (Å²) in [4.78, 5) is 23.6. The first-order valence-corrected chi connectivity index (χ1v) is 11.8.